The van der Waals surface area contributed by atoms with Gasteiger partial charge < -0.3 is 4.74 Å². The molecule has 22 heavy (non-hydrogen) atoms. The zero-order valence-corrected chi connectivity index (χ0v) is 14.5. The summed E-state index contributed by atoms with van der Waals surface area (Å²) in [5, 5.41) is 5.26. The molecule has 4 nitrogen and oxygen atoms in total. The van der Waals surface area contributed by atoms with Crippen molar-refractivity contribution < 1.29 is 17.5 Å². The number of sulfonamides is 1. The summed E-state index contributed by atoms with van der Waals surface area (Å²) >= 11 is 3.19. The third-order valence-corrected chi connectivity index (χ3v) is 5.24. The molecule has 2 aromatic carbocycles. The number of hydrogen-bond donors (Lipinski definition) is 1. The molecule has 0 unspecified atom stereocenters. The van der Waals surface area contributed by atoms with Gasteiger partial charge in [0, 0.05) is 6.42 Å². The molecule has 2 N–H and O–H groups in total. The molecule has 0 heterocycles. The minimum Gasteiger partial charge on any atom is -0.494 e. The summed E-state index contributed by atoms with van der Waals surface area (Å²) in [5.41, 5.74) is 1.93. The molecule has 0 aliphatic heterocycles. The van der Waals surface area contributed by atoms with E-state index in [1.807, 2.05) is 0 Å². The molecule has 0 aliphatic carbocycles. The Morgan fingerprint density at radius 2 is 1.95 bits per heavy atom. The average molecular weight is 388 g/mol. The van der Waals surface area contributed by atoms with E-state index in [1.165, 1.54) is 19.2 Å². The third-order valence-electron chi connectivity index (χ3n) is 3.39. The molecule has 0 saturated heterocycles. The lowest BCUT2D eigenvalue weighted by atomic mass is 10.0. The average Bonchev–Trinajstić information content (AvgIpc) is 2.45. The Hall–Kier alpha value is -1.44. The highest BCUT2D eigenvalue weighted by Crippen LogP contribution is 2.31. The van der Waals surface area contributed by atoms with Gasteiger partial charge in [0.25, 0.3) is 0 Å². The first kappa shape index (κ1) is 16.9. The number of ether oxygens (including phenoxy) is 1. The van der Waals surface area contributed by atoms with Crippen LogP contribution in [0.15, 0.2) is 39.7 Å². The Morgan fingerprint density at radius 1 is 1.27 bits per heavy atom. The Labute approximate surface area is 137 Å². The fourth-order valence-corrected chi connectivity index (χ4v) is 3.54. The maximum absolute atomic E-state index is 14.1. The first-order valence-corrected chi connectivity index (χ1v) is 8.71. The standard InChI is InChI=1S/C15H15BrFNO3S/c1-9-4-3-5-13(22(18,19)20)11(9)8-10-6-7-12(21-2)15(17)14(10)16/h3-7H,8H2,1-2H3,(H2,18,19,20). The van der Waals surface area contributed by atoms with Crippen molar-refractivity contribution in [3.8, 4) is 5.75 Å². The van der Waals surface area contributed by atoms with Crippen LogP contribution in [0, 0.1) is 12.7 Å². The number of benzene rings is 2. The van der Waals surface area contributed by atoms with Crippen LogP contribution in [0.2, 0.25) is 0 Å². The molecule has 0 spiro atoms. The van der Waals surface area contributed by atoms with Gasteiger partial charge in [0.1, 0.15) is 0 Å². The van der Waals surface area contributed by atoms with Crippen LogP contribution in [-0.4, -0.2) is 15.5 Å². The monoisotopic (exact) mass is 387 g/mol. The second kappa shape index (κ2) is 6.36. The van der Waals surface area contributed by atoms with Gasteiger partial charge in [-0.2, -0.15) is 0 Å². The van der Waals surface area contributed by atoms with Gasteiger partial charge in [-0.25, -0.2) is 17.9 Å². The summed E-state index contributed by atoms with van der Waals surface area (Å²) < 4.78 is 42.7. The van der Waals surface area contributed by atoms with Crippen LogP contribution >= 0.6 is 15.9 Å². The summed E-state index contributed by atoms with van der Waals surface area (Å²) in [4.78, 5) is 0.0515. The minimum absolute atomic E-state index is 0.0515. The van der Waals surface area contributed by atoms with Gasteiger partial charge in [-0.15, -0.1) is 0 Å². The van der Waals surface area contributed by atoms with Crippen LogP contribution in [0.1, 0.15) is 16.7 Å². The van der Waals surface area contributed by atoms with E-state index in [4.69, 9.17) is 9.88 Å². The SMILES string of the molecule is COc1ccc(Cc2c(C)cccc2S(N)(=O)=O)c(Br)c1F. The maximum Gasteiger partial charge on any atom is 0.238 e. The Bertz CT molecular complexity index is 822. The van der Waals surface area contributed by atoms with Gasteiger partial charge in [0.05, 0.1) is 16.5 Å². The van der Waals surface area contributed by atoms with E-state index in [0.717, 1.165) is 5.56 Å². The molecule has 0 saturated carbocycles. The van der Waals surface area contributed by atoms with Crippen molar-refractivity contribution in [1.29, 1.82) is 0 Å². The normalized spacial score (nSPS) is 11.5. The van der Waals surface area contributed by atoms with Gasteiger partial charge in [-0.1, -0.05) is 18.2 Å². The van der Waals surface area contributed by atoms with Crippen LogP contribution in [0.5, 0.6) is 5.75 Å². The number of primary sulfonamides is 1. The summed E-state index contributed by atoms with van der Waals surface area (Å²) in [6.45, 7) is 1.79. The molecule has 2 aromatic rings. The second-order valence-electron chi connectivity index (χ2n) is 4.83. The summed E-state index contributed by atoms with van der Waals surface area (Å²) in [7, 11) is -2.47. The van der Waals surface area contributed by atoms with Gasteiger partial charge in [0.15, 0.2) is 11.6 Å². The molecule has 0 aromatic heterocycles. The van der Waals surface area contributed by atoms with Crippen molar-refractivity contribution >= 4 is 26.0 Å². The number of nitrogens with two attached hydrogens (primary N) is 1. The molecule has 118 valence electrons. The van der Waals surface area contributed by atoms with Crippen molar-refractivity contribution in [2.75, 3.05) is 7.11 Å². The van der Waals surface area contributed by atoms with E-state index in [9.17, 15) is 12.8 Å². The lowest BCUT2D eigenvalue weighted by Gasteiger charge is -2.13. The fourth-order valence-electron chi connectivity index (χ4n) is 2.22. The van der Waals surface area contributed by atoms with Crippen LogP contribution in [0.3, 0.4) is 0 Å². The number of hydrogen-bond acceptors (Lipinski definition) is 3. The largest absolute Gasteiger partial charge is 0.494 e. The van der Waals surface area contributed by atoms with Crippen LogP contribution < -0.4 is 9.88 Å². The molecular weight excluding hydrogens is 373 g/mol. The highest BCUT2D eigenvalue weighted by atomic mass is 79.9. The first-order chi connectivity index (χ1) is 10.3. The molecule has 0 aliphatic rings. The summed E-state index contributed by atoms with van der Waals surface area (Å²) in [5.74, 6) is -0.405. The Balaban J connectivity index is 2.55. The molecule has 0 fully saturated rings. The number of halogens is 2. The van der Waals surface area contributed by atoms with Crippen LogP contribution in [-0.2, 0) is 16.4 Å². The zero-order valence-electron chi connectivity index (χ0n) is 12.1. The van der Waals surface area contributed by atoms with E-state index < -0.39 is 15.8 Å². The second-order valence-corrected chi connectivity index (χ2v) is 7.15. The molecule has 7 heteroatoms. The number of methoxy groups -OCH3 is 1. The van der Waals surface area contributed by atoms with Crippen molar-refractivity contribution in [3.05, 3.63) is 57.3 Å². The molecule has 0 radical (unpaired) electrons. The third kappa shape index (κ3) is 3.31. The van der Waals surface area contributed by atoms with E-state index in [2.05, 4.69) is 15.9 Å². The van der Waals surface area contributed by atoms with Crippen molar-refractivity contribution in [2.45, 2.75) is 18.2 Å². The predicted octanol–water partition coefficient (Wildman–Crippen LogP) is 3.14. The lowest BCUT2D eigenvalue weighted by molar-refractivity contribution is 0.385. The van der Waals surface area contributed by atoms with E-state index in [-0.39, 0.29) is 21.5 Å². The molecule has 2 rings (SSSR count). The predicted molar refractivity (Wildman–Crippen MR) is 86.0 cm³/mol. The fraction of sp³-hybridized carbons (Fsp3) is 0.200. The van der Waals surface area contributed by atoms with Gasteiger partial charge in [-0.3, -0.25) is 0 Å². The highest BCUT2D eigenvalue weighted by Gasteiger charge is 2.18. The van der Waals surface area contributed by atoms with Crippen LogP contribution in [0.25, 0.3) is 0 Å². The highest BCUT2D eigenvalue weighted by molar-refractivity contribution is 9.10. The summed E-state index contributed by atoms with van der Waals surface area (Å²) in [6.07, 6.45) is 0.236. The lowest BCUT2D eigenvalue weighted by Crippen LogP contribution is -2.15. The Kier molecular flexibility index (Phi) is 4.89. The zero-order chi connectivity index (χ0) is 16.5. The van der Waals surface area contributed by atoms with Crippen molar-refractivity contribution in [2.24, 2.45) is 5.14 Å². The number of rotatable bonds is 4. The van der Waals surface area contributed by atoms with E-state index in [0.29, 0.717) is 11.1 Å². The van der Waals surface area contributed by atoms with Gasteiger partial charge in [0.2, 0.25) is 10.0 Å². The first-order valence-electron chi connectivity index (χ1n) is 6.38. The van der Waals surface area contributed by atoms with Crippen LogP contribution in [0.4, 0.5) is 4.39 Å². The number of aryl methyl sites for hydroxylation is 1. The molecule has 0 bridgehead atoms. The molecular formula is C15H15BrFNO3S. The van der Waals surface area contributed by atoms with Crippen molar-refractivity contribution in [3.63, 3.8) is 0 Å². The van der Waals surface area contributed by atoms with Gasteiger partial charge in [-0.05, 0) is 51.7 Å². The smallest absolute Gasteiger partial charge is 0.238 e. The van der Waals surface area contributed by atoms with Crippen molar-refractivity contribution in [1.82, 2.24) is 0 Å². The molecule has 0 amide bonds. The van der Waals surface area contributed by atoms with Gasteiger partial charge >= 0.3 is 0 Å². The summed E-state index contributed by atoms with van der Waals surface area (Å²) in [6, 6.07) is 8.06. The topological polar surface area (TPSA) is 69.4 Å². The quantitative estimate of drug-likeness (QED) is 0.875. The minimum atomic E-state index is -3.85. The van der Waals surface area contributed by atoms with E-state index in [1.54, 1.807) is 25.1 Å². The van der Waals surface area contributed by atoms with E-state index >= 15 is 0 Å². The molecule has 0 atom stereocenters. The Morgan fingerprint density at radius 3 is 2.55 bits per heavy atom. The maximum atomic E-state index is 14.1.